The molecule has 2 heteroatoms. The van der Waals surface area contributed by atoms with E-state index in [1.54, 1.807) is 0 Å². The molecule has 0 aromatic heterocycles. The molecule has 0 fully saturated rings. The van der Waals surface area contributed by atoms with Crippen LogP contribution in [0.5, 0.6) is 0 Å². The standard InChI is InChI=1S/C16H15NO.C2H6/c1-10-9-15(12(3)18)11(2)14-6-4-5-13(7-8-17)16(10)14;1-2/h4-6,9,18H,3,7H2,1-2H3;1-2H3. The van der Waals surface area contributed by atoms with Crippen LogP contribution in [-0.4, -0.2) is 5.11 Å². The number of benzene rings is 2. The molecule has 0 saturated carbocycles. The summed E-state index contributed by atoms with van der Waals surface area (Å²) in [5.74, 6) is 0.0863. The Kier molecular flexibility index (Phi) is 5.34. The summed E-state index contributed by atoms with van der Waals surface area (Å²) < 4.78 is 0. The number of nitriles is 1. The van der Waals surface area contributed by atoms with E-state index in [0.29, 0.717) is 6.42 Å². The summed E-state index contributed by atoms with van der Waals surface area (Å²) in [5, 5.41) is 20.7. The fourth-order valence-electron chi connectivity index (χ4n) is 2.45. The maximum Gasteiger partial charge on any atom is 0.115 e. The molecule has 0 amide bonds. The Morgan fingerprint density at radius 3 is 2.50 bits per heavy atom. The molecule has 0 bridgehead atoms. The number of aryl methyl sites for hydroxylation is 2. The van der Waals surface area contributed by atoms with E-state index in [0.717, 1.165) is 33.0 Å². The molecule has 0 saturated heterocycles. The topological polar surface area (TPSA) is 44.0 Å². The van der Waals surface area contributed by atoms with Crippen molar-refractivity contribution in [3.63, 3.8) is 0 Å². The van der Waals surface area contributed by atoms with Crippen LogP contribution in [0.25, 0.3) is 16.5 Å². The molecule has 0 radical (unpaired) electrons. The van der Waals surface area contributed by atoms with Crippen molar-refractivity contribution < 1.29 is 5.11 Å². The van der Waals surface area contributed by atoms with Gasteiger partial charge in [-0.25, -0.2) is 0 Å². The van der Waals surface area contributed by atoms with E-state index in [4.69, 9.17) is 5.26 Å². The van der Waals surface area contributed by atoms with Gasteiger partial charge in [-0.3, -0.25) is 0 Å². The van der Waals surface area contributed by atoms with Gasteiger partial charge in [0.1, 0.15) is 5.76 Å². The summed E-state index contributed by atoms with van der Waals surface area (Å²) in [7, 11) is 0. The van der Waals surface area contributed by atoms with E-state index in [2.05, 4.69) is 12.6 Å². The van der Waals surface area contributed by atoms with Crippen LogP contribution in [0.3, 0.4) is 0 Å². The van der Waals surface area contributed by atoms with Gasteiger partial charge in [0.25, 0.3) is 0 Å². The highest BCUT2D eigenvalue weighted by Gasteiger charge is 2.11. The lowest BCUT2D eigenvalue weighted by Crippen LogP contribution is -1.95. The van der Waals surface area contributed by atoms with E-state index >= 15 is 0 Å². The van der Waals surface area contributed by atoms with Crippen LogP contribution >= 0.6 is 0 Å². The Labute approximate surface area is 121 Å². The molecule has 0 aliphatic carbocycles. The zero-order chi connectivity index (χ0) is 15.3. The first kappa shape index (κ1) is 15.8. The van der Waals surface area contributed by atoms with Crippen molar-refractivity contribution in [1.82, 2.24) is 0 Å². The van der Waals surface area contributed by atoms with Gasteiger partial charge in [-0.05, 0) is 47.4 Å². The molecule has 104 valence electrons. The SMILES string of the molecule is C=C(O)c1cc(C)c2c(CC#N)cccc2c1C.CC. The fourth-order valence-corrected chi connectivity index (χ4v) is 2.45. The Morgan fingerprint density at radius 1 is 1.30 bits per heavy atom. The zero-order valence-electron chi connectivity index (χ0n) is 12.6. The Hall–Kier alpha value is -2.27. The fraction of sp³-hybridized carbons (Fsp3) is 0.278. The van der Waals surface area contributed by atoms with Crippen molar-refractivity contribution in [1.29, 1.82) is 5.26 Å². The van der Waals surface area contributed by atoms with Gasteiger partial charge in [-0.1, -0.05) is 38.6 Å². The van der Waals surface area contributed by atoms with Crippen molar-refractivity contribution in [3.05, 3.63) is 53.1 Å². The van der Waals surface area contributed by atoms with Crippen molar-refractivity contribution >= 4 is 16.5 Å². The number of aliphatic hydroxyl groups is 1. The van der Waals surface area contributed by atoms with Gasteiger partial charge in [0.15, 0.2) is 0 Å². The molecule has 20 heavy (non-hydrogen) atoms. The predicted octanol–water partition coefficient (Wildman–Crippen LogP) is 5.08. The Morgan fingerprint density at radius 2 is 1.95 bits per heavy atom. The Balaban J connectivity index is 0.000000956. The highest BCUT2D eigenvalue weighted by atomic mass is 16.3. The lowest BCUT2D eigenvalue weighted by molar-refractivity contribution is 0.513. The van der Waals surface area contributed by atoms with Crippen LogP contribution in [0, 0.1) is 25.2 Å². The van der Waals surface area contributed by atoms with E-state index in [-0.39, 0.29) is 5.76 Å². The lowest BCUT2D eigenvalue weighted by Gasteiger charge is -2.13. The minimum atomic E-state index is 0.0863. The monoisotopic (exact) mass is 267 g/mol. The second-order valence-corrected chi connectivity index (χ2v) is 4.49. The van der Waals surface area contributed by atoms with Gasteiger partial charge in [0.2, 0.25) is 0 Å². The Bertz CT molecular complexity index is 678. The average molecular weight is 267 g/mol. The quantitative estimate of drug-likeness (QED) is 0.771. The molecular weight excluding hydrogens is 246 g/mol. The van der Waals surface area contributed by atoms with Gasteiger partial charge in [0, 0.05) is 5.56 Å². The molecule has 0 atom stereocenters. The smallest absolute Gasteiger partial charge is 0.115 e. The molecular formula is C18H21NO. The van der Waals surface area contributed by atoms with Crippen molar-refractivity contribution in [2.24, 2.45) is 0 Å². The van der Waals surface area contributed by atoms with Crippen molar-refractivity contribution in [2.45, 2.75) is 34.1 Å². The largest absolute Gasteiger partial charge is 0.508 e. The predicted molar refractivity (Wildman–Crippen MR) is 85.7 cm³/mol. The molecule has 2 aromatic rings. The molecule has 2 rings (SSSR count). The zero-order valence-corrected chi connectivity index (χ0v) is 12.6. The third-order valence-electron chi connectivity index (χ3n) is 3.29. The first-order valence-corrected chi connectivity index (χ1v) is 6.83. The maximum atomic E-state index is 9.61. The van der Waals surface area contributed by atoms with Crippen molar-refractivity contribution in [2.75, 3.05) is 0 Å². The van der Waals surface area contributed by atoms with Crippen molar-refractivity contribution in [3.8, 4) is 6.07 Å². The van der Waals surface area contributed by atoms with Gasteiger partial charge < -0.3 is 5.11 Å². The summed E-state index contributed by atoms with van der Waals surface area (Å²) >= 11 is 0. The van der Waals surface area contributed by atoms with Crippen LogP contribution in [0.15, 0.2) is 30.8 Å². The minimum Gasteiger partial charge on any atom is -0.508 e. The number of hydrogen-bond donors (Lipinski definition) is 1. The first-order valence-electron chi connectivity index (χ1n) is 6.83. The molecule has 0 heterocycles. The van der Waals surface area contributed by atoms with Gasteiger partial charge >= 0.3 is 0 Å². The second kappa shape index (κ2) is 6.77. The number of fused-ring (bicyclic) bond motifs is 1. The summed E-state index contributed by atoms with van der Waals surface area (Å²) in [6, 6.07) is 10.1. The number of nitrogens with zero attached hydrogens (tertiary/aromatic N) is 1. The number of hydrogen-bond acceptors (Lipinski definition) is 2. The van der Waals surface area contributed by atoms with Crippen LogP contribution in [0.4, 0.5) is 0 Å². The summed E-state index contributed by atoms with van der Waals surface area (Å²) in [4.78, 5) is 0. The minimum absolute atomic E-state index is 0.0863. The highest BCUT2D eigenvalue weighted by molar-refractivity contribution is 5.94. The summed E-state index contributed by atoms with van der Waals surface area (Å²) in [5.41, 5.74) is 3.87. The van der Waals surface area contributed by atoms with E-state index < -0.39 is 0 Å². The molecule has 0 aliphatic heterocycles. The van der Waals surface area contributed by atoms with E-state index in [9.17, 15) is 5.11 Å². The average Bonchev–Trinajstić information content (AvgIpc) is 2.45. The van der Waals surface area contributed by atoms with Gasteiger partial charge in [-0.2, -0.15) is 5.26 Å². The van der Waals surface area contributed by atoms with Crippen LogP contribution < -0.4 is 0 Å². The van der Waals surface area contributed by atoms with E-state index in [1.165, 1.54) is 0 Å². The normalized spacial score (nSPS) is 9.55. The summed E-state index contributed by atoms with van der Waals surface area (Å²) in [6.45, 7) is 11.6. The van der Waals surface area contributed by atoms with E-state index in [1.807, 2.05) is 52.0 Å². The maximum absolute atomic E-state index is 9.61. The van der Waals surface area contributed by atoms with Crippen LogP contribution in [0.2, 0.25) is 0 Å². The lowest BCUT2D eigenvalue weighted by atomic mass is 9.91. The van der Waals surface area contributed by atoms with Crippen LogP contribution in [-0.2, 0) is 6.42 Å². The van der Waals surface area contributed by atoms with Gasteiger partial charge in [-0.15, -0.1) is 0 Å². The number of aliphatic hydroxyl groups excluding tert-OH is 1. The molecule has 2 aromatic carbocycles. The highest BCUT2D eigenvalue weighted by Crippen LogP contribution is 2.30. The third-order valence-corrected chi connectivity index (χ3v) is 3.29. The van der Waals surface area contributed by atoms with Gasteiger partial charge in [0.05, 0.1) is 12.5 Å². The third kappa shape index (κ3) is 2.83. The molecule has 0 aliphatic rings. The van der Waals surface area contributed by atoms with Crippen LogP contribution in [0.1, 0.15) is 36.1 Å². The first-order chi connectivity index (χ1) is 9.56. The second-order valence-electron chi connectivity index (χ2n) is 4.49. The molecule has 0 unspecified atom stereocenters. The molecule has 2 nitrogen and oxygen atoms in total. The summed E-state index contributed by atoms with van der Waals surface area (Å²) in [6.07, 6.45) is 0.400. The molecule has 1 N–H and O–H groups in total. The molecule has 0 spiro atoms. The number of rotatable bonds is 2.